The van der Waals surface area contributed by atoms with Gasteiger partial charge in [-0.2, -0.15) is 13.2 Å². The molecule has 1 saturated carbocycles. The lowest BCUT2D eigenvalue weighted by Crippen LogP contribution is -2.53. The smallest absolute Gasteiger partial charge is 0.395 e. The molecule has 0 radical (unpaired) electrons. The number of aromatic nitrogens is 1. The second kappa shape index (κ2) is 11.5. The molecular weight excluding hydrogens is 540 g/mol. The molecule has 0 spiro atoms. The number of piperidine rings is 1. The van der Waals surface area contributed by atoms with Crippen LogP contribution >= 0.6 is 0 Å². The minimum atomic E-state index is -4.14. The van der Waals surface area contributed by atoms with Crippen LogP contribution in [0.5, 0.6) is 5.88 Å². The summed E-state index contributed by atoms with van der Waals surface area (Å²) in [5, 5.41) is 10.9. The number of nitrogens with two attached hydrogens (primary N) is 1. The molecule has 5 rings (SSSR count). The highest BCUT2D eigenvalue weighted by Crippen LogP contribution is 2.53. The van der Waals surface area contributed by atoms with Gasteiger partial charge in [0.1, 0.15) is 12.0 Å². The summed E-state index contributed by atoms with van der Waals surface area (Å²) < 4.78 is 61.5. The molecular formula is C30H38F4N4O3. The monoisotopic (exact) mass is 578 g/mol. The van der Waals surface area contributed by atoms with Crippen molar-refractivity contribution < 1.29 is 32.2 Å². The molecule has 1 amide bonds. The average Bonchev–Trinajstić information content (AvgIpc) is 3.32. The molecule has 2 saturated heterocycles. The lowest BCUT2D eigenvalue weighted by atomic mass is 9.67. The molecule has 41 heavy (non-hydrogen) atoms. The van der Waals surface area contributed by atoms with Gasteiger partial charge in [-0.25, -0.2) is 9.37 Å². The van der Waals surface area contributed by atoms with Crippen molar-refractivity contribution in [3.05, 3.63) is 47.9 Å². The summed E-state index contributed by atoms with van der Waals surface area (Å²) in [6.45, 7) is 3.94. The number of benzene rings is 1. The number of primary amides is 1. The Bertz CT molecular complexity index is 1230. The molecule has 2 aromatic rings. The van der Waals surface area contributed by atoms with E-state index >= 15 is 4.39 Å². The van der Waals surface area contributed by atoms with Crippen molar-refractivity contribution >= 4 is 5.91 Å². The summed E-state index contributed by atoms with van der Waals surface area (Å²) in [6.07, 6.45) is 0.0932. The van der Waals surface area contributed by atoms with Crippen molar-refractivity contribution in [2.45, 2.75) is 69.8 Å². The maximum atomic E-state index is 15.1. The van der Waals surface area contributed by atoms with Crippen LogP contribution in [0.15, 0.2) is 36.5 Å². The Balaban J connectivity index is 1.13. The van der Waals surface area contributed by atoms with Crippen LogP contribution in [0.2, 0.25) is 0 Å². The zero-order valence-corrected chi connectivity index (χ0v) is 23.3. The van der Waals surface area contributed by atoms with Crippen LogP contribution in [0, 0.1) is 17.2 Å². The first-order valence-corrected chi connectivity index (χ1v) is 14.3. The van der Waals surface area contributed by atoms with Crippen molar-refractivity contribution in [3.63, 3.8) is 0 Å². The van der Waals surface area contributed by atoms with Crippen LogP contribution in [-0.4, -0.2) is 70.3 Å². The molecule has 1 unspecified atom stereocenters. The van der Waals surface area contributed by atoms with Gasteiger partial charge >= 0.3 is 6.18 Å². The predicted octanol–water partition coefficient (Wildman–Crippen LogP) is 5.04. The highest BCUT2D eigenvalue weighted by Gasteiger charge is 2.58. The van der Waals surface area contributed by atoms with Gasteiger partial charge in [0.15, 0.2) is 0 Å². The number of likely N-dealkylation sites (tertiary alicyclic amines) is 2. The number of aliphatic hydroxyl groups excluding tert-OH is 1. The van der Waals surface area contributed by atoms with Crippen molar-refractivity contribution in [2.75, 3.05) is 32.8 Å². The van der Waals surface area contributed by atoms with Crippen LogP contribution in [0.3, 0.4) is 0 Å². The van der Waals surface area contributed by atoms with Gasteiger partial charge in [-0.1, -0.05) is 18.6 Å². The third-order valence-electron chi connectivity index (χ3n) is 9.47. The van der Waals surface area contributed by atoms with E-state index in [1.54, 1.807) is 36.1 Å². The van der Waals surface area contributed by atoms with E-state index in [2.05, 4.69) is 4.98 Å². The molecule has 1 aromatic carbocycles. The van der Waals surface area contributed by atoms with Crippen LogP contribution < -0.4 is 10.5 Å². The number of amides is 1. The standard InChI is InChI=1S/C30H38F4N4O3/c1-28(27(35)40)10-3-13-38(28)26(39)21-4-6-23(24(31)16-21)22-5-7-25(36-17-22)41-18-20-8-14-37(15-9-20)19-29(11-2-12-29)30(32,33)34/h4-7,16-17,20,26,39H,2-3,8-15,18-19H2,1H3,(H2,35,40)/t26?,28-/m0/s1. The van der Waals surface area contributed by atoms with Gasteiger partial charge in [0.2, 0.25) is 11.8 Å². The Morgan fingerprint density at radius 1 is 1.15 bits per heavy atom. The largest absolute Gasteiger partial charge is 0.477 e. The van der Waals surface area contributed by atoms with Gasteiger partial charge in [0, 0.05) is 36.5 Å². The number of aliphatic hydroxyl groups is 1. The predicted molar refractivity (Wildman–Crippen MR) is 145 cm³/mol. The van der Waals surface area contributed by atoms with Crippen LogP contribution in [0.25, 0.3) is 11.1 Å². The fourth-order valence-corrected chi connectivity index (χ4v) is 6.45. The second-order valence-corrected chi connectivity index (χ2v) is 12.1. The van der Waals surface area contributed by atoms with E-state index in [1.165, 1.54) is 12.3 Å². The molecule has 2 atom stereocenters. The van der Waals surface area contributed by atoms with Crippen LogP contribution in [-0.2, 0) is 4.79 Å². The van der Waals surface area contributed by atoms with Crippen molar-refractivity contribution in [1.29, 1.82) is 0 Å². The summed E-state index contributed by atoms with van der Waals surface area (Å²) in [4.78, 5) is 19.8. The van der Waals surface area contributed by atoms with Gasteiger partial charge in [-0.3, -0.25) is 9.69 Å². The molecule has 1 aromatic heterocycles. The first kappa shape index (κ1) is 29.7. The van der Waals surface area contributed by atoms with Crippen LogP contribution in [0.1, 0.15) is 63.7 Å². The van der Waals surface area contributed by atoms with E-state index in [0.29, 0.717) is 68.1 Å². The molecule has 224 valence electrons. The lowest BCUT2D eigenvalue weighted by molar-refractivity contribution is -0.256. The number of hydrogen-bond donors (Lipinski definition) is 2. The third kappa shape index (κ3) is 5.94. The number of halogens is 4. The van der Waals surface area contributed by atoms with Crippen molar-refractivity contribution in [1.82, 2.24) is 14.8 Å². The Morgan fingerprint density at radius 2 is 1.88 bits per heavy atom. The molecule has 11 heteroatoms. The minimum absolute atomic E-state index is 0.0919. The summed E-state index contributed by atoms with van der Waals surface area (Å²) >= 11 is 0. The molecule has 1 aliphatic carbocycles. The fourth-order valence-electron chi connectivity index (χ4n) is 6.45. The van der Waals surface area contributed by atoms with E-state index in [0.717, 1.165) is 12.8 Å². The average molecular weight is 579 g/mol. The molecule has 3 N–H and O–H groups in total. The first-order valence-electron chi connectivity index (χ1n) is 14.3. The van der Waals surface area contributed by atoms with Gasteiger partial charge in [-0.05, 0) is 82.2 Å². The number of ether oxygens (including phenoxy) is 1. The molecule has 0 bridgehead atoms. The number of carbonyl (C=O) groups is 1. The SMILES string of the molecule is C[C@@]1(C(N)=O)CCCN1C(O)c1ccc(-c2ccc(OCC3CCN(CC4(C(F)(F)F)CCC4)CC3)nc2)c(F)c1. The first-order chi connectivity index (χ1) is 19.4. The van der Waals surface area contributed by atoms with E-state index < -0.39 is 35.1 Å². The van der Waals surface area contributed by atoms with E-state index in [4.69, 9.17) is 10.5 Å². The molecule has 7 nitrogen and oxygen atoms in total. The van der Waals surface area contributed by atoms with Gasteiger partial charge in [0.25, 0.3) is 0 Å². The normalized spacial score (nSPS) is 24.6. The maximum Gasteiger partial charge on any atom is 0.395 e. The van der Waals surface area contributed by atoms with E-state index in [-0.39, 0.29) is 25.3 Å². The Labute approximate surface area is 237 Å². The Hall–Kier alpha value is -2.76. The quantitative estimate of drug-likeness (QED) is 0.405. The molecule has 3 fully saturated rings. The van der Waals surface area contributed by atoms with Gasteiger partial charge in [0.05, 0.1) is 17.6 Å². The highest BCUT2D eigenvalue weighted by molar-refractivity contribution is 5.84. The van der Waals surface area contributed by atoms with Gasteiger partial charge in [-0.15, -0.1) is 0 Å². The number of carbonyl (C=O) groups excluding carboxylic acids is 1. The molecule has 3 heterocycles. The highest BCUT2D eigenvalue weighted by atomic mass is 19.4. The maximum absolute atomic E-state index is 15.1. The molecule has 3 aliphatic rings. The third-order valence-corrected chi connectivity index (χ3v) is 9.47. The van der Waals surface area contributed by atoms with E-state index in [1.807, 2.05) is 4.90 Å². The van der Waals surface area contributed by atoms with Gasteiger partial charge < -0.3 is 20.5 Å². The Kier molecular flexibility index (Phi) is 8.33. The number of nitrogens with zero attached hydrogens (tertiary/aromatic N) is 3. The fraction of sp³-hybridized carbons (Fsp3) is 0.600. The summed E-state index contributed by atoms with van der Waals surface area (Å²) in [5.41, 5.74) is 4.25. The number of hydrogen-bond acceptors (Lipinski definition) is 6. The minimum Gasteiger partial charge on any atom is -0.477 e. The Morgan fingerprint density at radius 3 is 2.44 bits per heavy atom. The summed E-state index contributed by atoms with van der Waals surface area (Å²) in [7, 11) is 0. The summed E-state index contributed by atoms with van der Waals surface area (Å²) in [5.74, 6) is -0.418. The topological polar surface area (TPSA) is 91.9 Å². The number of rotatable bonds is 9. The molecule has 2 aliphatic heterocycles. The number of pyridine rings is 1. The van der Waals surface area contributed by atoms with Crippen LogP contribution in [0.4, 0.5) is 17.6 Å². The zero-order chi connectivity index (χ0) is 29.4. The zero-order valence-electron chi connectivity index (χ0n) is 23.3. The number of alkyl halides is 3. The summed E-state index contributed by atoms with van der Waals surface area (Å²) in [6, 6.07) is 7.83. The lowest BCUT2D eigenvalue weighted by Gasteiger charge is -2.47. The van der Waals surface area contributed by atoms with Crippen molar-refractivity contribution in [2.24, 2.45) is 17.1 Å². The van der Waals surface area contributed by atoms with Crippen molar-refractivity contribution in [3.8, 4) is 17.0 Å². The second-order valence-electron chi connectivity index (χ2n) is 12.1. The van der Waals surface area contributed by atoms with E-state index in [9.17, 15) is 23.1 Å².